The van der Waals surface area contributed by atoms with Gasteiger partial charge in [0.25, 0.3) is 0 Å². The lowest BCUT2D eigenvalue weighted by atomic mass is 10.0. The first-order valence-electron chi connectivity index (χ1n) is 8.56. The summed E-state index contributed by atoms with van der Waals surface area (Å²) < 4.78 is 1.52. The third-order valence-corrected chi connectivity index (χ3v) is 4.55. The molecular weight excluding hydrogens is 314 g/mol. The second-order valence-corrected chi connectivity index (χ2v) is 6.57. The van der Waals surface area contributed by atoms with Gasteiger partial charge in [0.2, 0.25) is 5.91 Å². The average Bonchev–Trinajstić information content (AvgIpc) is 3.04. The van der Waals surface area contributed by atoms with Crippen LogP contribution in [0, 0.1) is 20.8 Å². The summed E-state index contributed by atoms with van der Waals surface area (Å²) in [6.07, 6.45) is 0.962. The summed E-state index contributed by atoms with van der Waals surface area (Å²) in [7, 11) is 0. The van der Waals surface area contributed by atoms with Gasteiger partial charge in [-0.05, 0) is 44.4 Å². The highest BCUT2D eigenvalue weighted by Gasteiger charge is 2.12. The molecule has 2 aromatic heterocycles. The predicted octanol–water partition coefficient (Wildman–Crippen LogP) is 2.75. The smallest absolute Gasteiger partial charge is 0.242 e. The molecule has 0 bridgehead atoms. The fraction of sp³-hybridized carbons (Fsp3) is 0.368. The maximum atomic E-state index is 12.3. The van der Waals surface area contributed by atoms with Gasteiger partial charge in [-0.1, -0.05) is 18.6 Å². The first-order valence-corrected chi connectivity index (χ1v) is 8.56. The van der Waals surface area contributed by atoms with Crippen molar-refractivity contribution in [1.29, 1.82) is 0 Å². The molecule has 6 heteroatoms. The molecule has 0 saturated heterocycles. The zero-order chi connectivity index (χ0) is 18.1. The number of amides is 1. The van der Waals surface area contributed by atoms with Crippen molar-refractivity contribution >= 4 is 22.6 Å². The first-order chi connectivity index (χ1) is 11.9. The lowest BCUT2D eigenvalue weighted by molar-refractivity contribution is -0.121. The molecule has 0 unspecified atom stereocenters. The van der Waals surface area contributed by atoms with Gasteiger partial charge < -0.3 is 16.0 Å². The summed E-state index contributed by atoms with van der Waals surface area (Å²) in [5.41, 5.74) is 12.6. The van der Waals surface area contributed by atoms with Gasteiger partial charge in [0.15, 0.2) is 0 Å². The number of hydrogen-bond acceptors (Lipinski definition) is 3. The molecule has 6 nitrogen and oxygen atoms in total. The van der Waals surface area contributed by atoms with Gasteiger partial charge in [-0.15, -0.1) is 0 Å². The van der Waals surface area contributed by atoms with E-state index in [2.05, 4.69) is 48.3 Å². The van der Waals surface area contributed by atoms with Crippen molar-refractivity contribution in [3.63, 3.8) is 0 Å². The number of nitrogens with one attached hydrogen (secondary N) is 2. The first kappa shape index (κ1) is 17.1. The fourth-order valence-electron chi connectivity index (χ4n) is 3.28. The topological polar surface area (TPSA) is 88.7 Å². The number of rotatable bonds is 5. The van der Waals surface area contributed by atoms with Gasteiger partial charge in [-0.3, -0.25) is 4.79 Å². The molecule has 0 radical (unpaired) electrons. The standard InChI is InChI=1S/C19H25N5O/c1-5-16-13(4)15-7-11(2)6-14(19(15)22-16)9-21-18(25)10-24-17(20)8-12(3)23-24/h6-8,22H,5,9-10,20H2,1-4H3,(H,21,25). The largest absolute Gasteiger partial charge is 0.384 e. The second-order valence-electron chi connectivity index (χ2n) is 6.57. The molecule has 0 aliphatic carbocycles. The van der Waals surface area contributed by atoms with Crippen LogP contribution in [0.25, 0.3) is 10.9 Å². The third kappa shape index (κ3) is 3.38. The number of aromatic amines is 1. The predicted molar refractivity (Wildman–Crippen MR) is 100 cm³/mol. The monoisotopic (exact) mass is 339 g/mol. The van der Waals surface area contributed by atoms with Gasteiger partial charge >= 0.3 is 0 Å². The maximum absolute atomic E-state index is 12.3. The van der Waals surface area contributed by atoms with Gasteiger partial charge in [0.1, 0.15) is 12.4 Å². The Morgan fingerprint density at radius 2 is 2.04 bits per heavy atom. The van der Waals surface area contributed by atoms with Crippen LogP contribution < -0.4 is 11.1 Å². The summed E-state index contributed by atoms with van der Waals surface area (Å²) in [4.78, 5) is 15.8. The van der Waals surface area contributed by atoms with Crippen molar-refractivity contribution in [3.05, 3.63) is 46.3 Å². The number of hydrogen-bond donors (Lipinski definition) is 3. The number of nitrogens with zero attached hydrogens (tertiary/aromatic N) is 2. The summed E-state index contributed by atoms with van der Waals surface area (Å²) in [5, 5.41) is 8.42. The molecule has 3 aromatic rings. The zero-order valence-corrected chi connectivity index (χ0v) is 15.2. The minimum Gasteiger partial charge on any atom is -0.384 e. The molecule has 4 N–H and O–H groups in total. The maximum Gasteiger partial charge on any atom is 0.242 e. The number of carbonyl (C=O) groups is 1. The average molecular weight is 339 g/mol. The number of fused-ring (bicyclic) bond motifs is 1. The molecule has 2 heterocycles. The van der Waals surface area contributed by atoms with E-state index in [0.29, 0.717) is 12.4 Å². The van der Waals surface area contributed by atoms with E-state index in [1.54, 1.807) is 6.07 Å². The Morgan fingerprint density at radius 3 is 2.68 bits per heavy atom. The van der Waals surface area contributed by atoms with Crippen LogP contribution in [0.3, 0.4) is 0 Å². The number of benzene rings is 1. The number of H-pyrrole nitrogens is 1. The van der Waals surface area contributed by atoms with Crippen molar-refractivity contribution in [2.24, 2.45) is 0 Å². The Kier molecular flexibility index (Phi) is 4.53. The van der Waals surface area contributed by atoms with Crippen LogP contribution in [-0.2, 0) is 24.3 Å². The fourth-order valence-corrected chi connectivity index (χ4v) is 3.28. The van der Waals surface area contributed by atoms with Crippen molar-refractivity contribution in [2.45, 2.75) is 47.2 Å². The second kappa shape index (κ2) is 6.63. The minimum atomic E-state index is -0.108. The van der Waals surface area contributed by atoms with E-state index < -0.39 is 0 Å². The Balaban J connectivity index is 1.78. The highest BCUT2D eigenvalue weighted by atomic mass is 16.2. The molecule has 0 aliphatic heterocycles. The Hall–Kier alpha value is -2.76. The van der Waals surface area contributed by atoms with Gasteiger partial charge in [-0.2, -0.15) is 5.10 Å². The number of carbonyl (C=O) groups excluding carboxylic acids is 1. The molecule has 1 aromatic carbocycles. The molecule has 132 valence electrons. The molecule has 0 atom stereocenters. The lowest BCUT2D eigenvalue weighted by Crippen LogP contribution is -2.28. The highest BCUT2D eigenvalue weighted by Crippen LogP contribution is 2.26. The van der Waals surface area contributed by atoms with Crippen molar-refractivity contribution < 1.29 is 4.79 Å². The Bertz CT molecular complexity index is 935. The molecule has 0 aliphatic rings. The van der Waals surface area contributed by atoms with Crippen LogP contribution >= 0.6 is 0 Å². The molecule has 3 rings (SSSR count). The zero-order valence-electron chi connectivity index (χ0n) is 15.2. The number of nitrogens with two attached hydrogens (primary N) is 1. The van der Waals surface area contributed by atoms with Gasteiger partial charge in [0.05, 0.1) is 11.2 Å². The SMILES string of the molecule is CCc1[nH]c2c(CNC(=O)Cn3nc(C)cc3N)cc(C)cc2c1C. The van der Waals surface area contributed by atoms with Crippen LogP contribution in [0.5, 0.6) is 0 Å². The molecule has 25 heavy (non-hydrogen) atoms. The van der Waals surface area contributed by atoms with Crippen molar-refractivity contribution in [3.8, 4) is 0 Å². The van der Waals surface area contributed by atoms with Crippen molar-refractivity contribution in [2.75, 3.05) is 5.73 Å². The van der Waals surface area contributed by atoms with Crippen LogP contribution in [-0.4, -0.2) is 20.7 Å². The molecule has 0 fully saturated rings. The van der Waals surface area contributed by atoms with Crippen LogP contribution in [0.2, 0.25) is 0 Å². The van der Waals surface area contributed by atoms with Gasteiger partial charge in [-0.25, -0.2) is 4.68 Å². The molecular formula is C19H25N5O. The van der Waals surface area contributed by atoms with Crippen molar-refractivity contribution in [1.82, 2.24) is 20.1 Å². The Morgan fingerprint density at radius 1 is 1.28 bits per heavy atom. The van der Waals surface area contributed by atoms with E-state index in [-0.39, 0.29) is 12.5 Å². The van der Waals surface area contributed by atoms with E-state index in [0.717, 1.165) is 23.2 Å². The summed E-state index contributed by atoms with van der Waals surface area (Å²) in [5.74, 6) is 0.390. The van der Waals surface area contributed by atoms with E-state index in [1.807, 2.05) is 6.92 Å². The lowest BCUT2D eigenvalue weighted by Gasteiger charge is -2.09. The molecule has 1 amide bonds. The summed E-state index contributed by atoms with van der Waals surface area (Å²) in [6.45, 7) is 8.81. The number of aromatic nitrogens is 3. The van der Waals surface area contributed by atoms with E-state index in [4.69, 9.17) is 5.73 Å². The van der Waals surface area contributed by atoms with Gasteiger partial charge in [0, 0.05) is 23.7 Å². The van der Waals surface area contributed by atoms with E-state index >= 15 is 0 Å². The Labute approximate surface area is 147 Å². The van der Waals surface area contributed by atoms with Crippen LogP contribution in [0.1, 0.15) is 35.0 Å². The quantitative estimate of drug-likeness (QED) is 0.668. The third-order valence-electron chi connectivity index (χ3n) is 4.55. The molecule has 0 saturated carbocycles. The minimum absolute atomic E-state index is 0.108. The van der Waals surface area contributed by atoms with E-state index in [1.165, 1.54) is 26.9 Å². The van der Waals surface area contributed by atoms with E-state index in [9.17, 15) is 4.79 Å². The summed E-state index contributed by atoms with van der Waals surface area (Å²) >= 11 is 0. The van der Waals surface area contributed by atoms with Crippen LogP contribution in [0.15, 0.2) is 18.2 Å². The normalized spacial score (nSPS) is 11.2. The summed E-state index contributed by atoms with van der Waals surface area (Å²) in [6, 6.07) is 6.06. The molecule has 0 spiro atoms. The number of aryl methyl sites for hydroxylation is 4. The highest BCUT2D eigenvalue weighted by molar-refractivity contribution is 5.88. The number of nitrogen functional groups attached to an aromatic ring is 1. The number of anilines is 1. The van der Waals surface area contributed by atoms with Crippen LogP contribution in [0.4, 0.5) is 5.82 Å².